The quantitative estimate of drug-likeness (QED) is 0.612. The van der Waals surface area contributed by atoms with Gasteiger partial charge in [-0.25, -0.2) is 9.78 Å². The molecule has 0 aromatic carbocycles. The average molecular weight is 267 g/mol. The summed E-state index contributed by atoms with van der Waals surface area (Å²) in [5.41, 5.74) is 0.238. The van der Waals surface area contributed by atoms with Gasteiger partial charge < -0.3 is 9.47 Å². The second-order valence-electron chi connectivity index (χ2n) is 3.04. The molecule has 0 aliphatic heterocycles. The van der Waals surface area contributed by atoms with E-state index in [1.165, 1.54) is 11.3 Å². The van der Waals surface area contributed by atoms with E-state index in [-0.39, 0.29) is 18.1 Å². The van der Waals surface area contributed by atoms with Crippen molar-refractivity contribution in [3.05, 3.63) is 16.1 Å². The van der Waals surface area contributed by atoms with E-state index in [1.54, 1.807) is 19.2 Å². The van der Waals surface area contributed by atoms with Gasteiger partial charge in [0.25, 0.3) is 0 Å². The Morgan fingerprint density at radius 3 is 2.72 bits per heavy atom. The van der Waals surface area contributed by atoms with Gasteiger partial charge in [-0.15, -0.1) is 11.3 Å². The lowest BCUT2D eigenvalue weighted by Gasteiger charge is -1.95. The summed E-state index contributed by atoms with van der Waals surface area (Å²) in [6, 6.07) is 0. The van der Waals surface area contributed by atoms with Crippen LogP contribution >= 0.6 is 11.3 Å². The minimum Gasteiger partial charge on any atom is -0.465 e. The molecule has 0 fully saturated rings. The molecule has 0 bridgehead atoms. The van der Waals surface area contributed by atoms with E-state index in [2.05, 4.69) is 16.8 Å². The predicted molar refractivity (Wildman–Crippen MR) is 66.2 cm³/mol. The fraction of sp³-hybridized carbons (Fsp3) is 0.417. The van der Waals surface area contributed by atoms with Crippen LogP contribution in [0.1, 0.15) is 35.8 Å². The van der Waals surface area contributed by atoms with Crippen LogP contribution in [-0.2, 0) is 14.3 Å². The molecule has 0 saturated carbocycles. The maximum absolute atomic E-state index is 11.3. The number of thiazole rings is 1. The number of carbonyl (C=O) groups is 2. The fourth-order valence-electron chi connectivity index (χ4n) is 1.03. The molecule has 18 heavy (non-hydrogen) atoms. The van der Waals surface area contributed by atoms with Crippen LogP contribution < -0.4 is 0 Å². The van der Waals surface area contributed by atoms with Crippen LogP contribution in [0.15, 0.2) is 5.38 Å². The monoisotopic (exact) mass is 267 g/mol. The Morgan fingerprint density at radius 1 is 1.33 bits per heavy atom. The van der Waals surface area contributed by atoms with Gasteiger partial charge in [0.2, 0.25) is 0 Å². The number of aromatic nitrogens is 1. The van der Waals surface area contributed by atoms with Gasteiger partial charge in [-0.1, -0.05) is 5.92 Å². The van der Waals surface area contributed by atoms with Crippen molar-refractivity contribution in [2.75, 3.05) is 13.2 Å². The number of carbonyl (C=O) groups excluding carboxylic acids is 2. The molecule has 1 aromatic heterocycles. The van der Waals surface area contributed by atoms with Crippen LogP contribution in [0.3, 0.4) is 0 Å². The van der Waals surface area contributed by atoms with Gasteiger partial charge in [-0.2, -0.15) is 0 Å². The van der Waals surface area contributed by atoms with Gasteiger partial charge in [0.05, 0.1) is 13.2 Å². The standard InChI is InChI=1S/C12H13NO4S/c1-3-16-11(14)7-5-6-10-13-9(8-18-10)12(15)17-4-2/h8H,3-4,7H2,1-2H3. The number of rotatable bonds is 4. The molecular weight excluding hydrogens is 254 g/mol. The van der Waals surface area contributed by atoms with Crippen LogP contribution in [-0.4, -0.2) is 30.1 Å². The maximum atomic E-state index is 11.3. The largest absolute Gasteiger partial charge is 0.465 e. The first-order valence-electron chi connectivity index (χ1n) is 5.44. The Morgan fingerprint density at radius 2 is 2.06 bits per heavy atom. The van der Waals surface area contributed by atoms with E-state index in [9.17, 15) is 9.59 Å². The molecule has 1 aromatic rings. The molecule has 6 heteroatoms. The van der Waals surface area contributed by atoms with Crippen LogP contribution in [0.2, 0.25) is 0 Å². The number of nitrogens with zero attached hydrogens (tertiary/aromatic N) is 1. The average Bonchev–Trinajstić information content (AvgIpc) is 2.78. The summed E-state index contributed by atoms with van der Waals surface area (Å²) < 4.78 is 9.52. The van der Waals surface area contributed by atoms with Crippen molar-refractivity contribution in [2.24, 2.45) is 0 Å². The lowest BCUT2D eigenvalue weighted by molar-refractivity contribution is -0.141. The van der Waals surface area contributed by atoms with E-state index in [4.69, 9.17) is 9.47 Å². The summed E-state index contributed by atoms with van der Waals surface area (Å²) in [4.78, 5) is 26.3. The third kappa shape index (κ3) is 4.55. The van der Waals surface area contributed by atoms with Crippen LogP contribution in [0.4, 0.5) is 0 Å². The molecule has 0 saturated heterocycles. The maximum Gasteiger partial charge on any atom is 0.357 e. The Bertz CT molecular complexity index is 484. The molecular formula is C12H13NO4S. The van der Waals surface area contributed by atoms with Crippen molar-refractivity contribution in [1.29, 1.82) is 0 Å². The molecule has 0 amide bonds. The molecule has 0 atom stereocenters. The minimum atomic E-state index is -0.466. The van der Waals surface area contributed by atoms with Crippen LogP contribution in [0.5, 0.6) is 0 Å². The van der Waals surface area contributed by atoms with Gasteiger partial charge in [0.15, 0.2) is 10.7 Å². The third-order valence-corrected chi connectivity index (χ3v) is 2.48. The second kappa shape index (κ2) is 7.45. The zero-order chi connectivity index (χ0) is 13.4. The lowest BCUT2D eigenvalue weighted by atomic mass is 10.4. The molecule has 1 heterocycles. The molecule has 0 aliphatic carbocycles. The summed E-state index contributed by atoms with van der Waals surface area (Å²) in [6.07, 6.45) is 0.0160. The zero-order valence-electron chi connectivity index (χ0n) is 10.2. The zero-order valence-corrected chi connectivity index (χ0v) is 11.0. The van der Waals surface area contributed by atoms with Crippen molar-refractivity contribution in [2.45, 2.75) is 20.3 Å². The van der Waals surface area contributed by atoms with E-state index in [1.807, 2.05) is 0 Å². The van der Waals surface area contributed by atoms with Crippen LogP contribution in [0.25, 0.3) is 0 Å². The van der Waals surface area contributed by atoms with Crippen molar-refractivity contribution in [3.63, 3.8) is 0 Å². The Kier molecular flexibility index (Phi) is 5.88. The Labute approximate surface area is 109 Å². The number of ether oxygens (including phenoxy) is 2. The van der Waals surface area contributed by atoms with Gasteiger partial charge in [-0.05, 0) is 19.8 Å². The summed E-state index contributed by atoms with van der Waals surface area (Å²) in [5, 5.41) is 2.05. The van der Waals surface area contributed by atoms with Gasteiger partial charge >= 0.3 is 11.9 Å². The van der Waals surface area contributed by atoms with E-state index >= 15 is 0 Å². The summed E-state index contributed by atoms with van der Waals surface area (Å²) >= 11 is 1.23. The highest BCUT2D eigenvalue weighted by atomic mass is 32.1. The van der Waals surface area contributed by atoms with Crippen molar-refractivity contribution in [1.82, 2.24) is 4.98 Å². The third-order valence-electron chi connectivity index (χ3n) is 1.72. The second-order valence-corrected chi connectivity index (χ2v) is 3.90. The van der Waals surface area contributed by atoms with E-state index in [0.29, 0.717) is 18.2 Å². The number of hydrogen-bond acceptors (Lipinski definition) is 6. The molecule has 5 nitrogen and oxygen atoms in total. The first-order valence-corrected chi connectivity index (χ1v) is 6.32. The van der Waals surface area contributed by atoms with E-state index in [0.717, 1.165) is 0 Å². The predicted octanol–water partition coefficient (Wildman–Crippen LogP) is 1.62. The summed E-state index contributed by atoms with van der Waals surface area (Å²) in [5.74, 6) is 4.51. The van der Waals surface area contributed by atoms with Crippen molar-refractivity contribution >= 4 is 23.3 Å². The molecule has 96 valence electrons. The first-order chi connectivity index (χ1) is 8.67. The molecule has 0 aliphatic rings. The van der Waals surface area contributed by atoms with Gasteiger partial charge in [-0.3, -0.25) is 4.79 Å². The smallest absolute Gasteiger partial charge is 0.357 e. The van der Waals surface area contributed by atoms with Crippen LogP contribution in [0, 0.1) is 11.8 Å². The van der Waals surface area contributed by atoms with Crippen molar-refractivity contribution in [3.8, 4) is 11.8 Å². The Hall–Kier alpha value is -1.87. The fourth-order valence-corrected chi connectivity index (χ4v) is 1.69. The molecule has 0 spiro atoms. The highest BCUT2D eigenvalue weighted by Crippen LogP contribution is 2.09. The SMILES string of the molecule is CCOC(=O)CC#Cc1nc(C(=O)OCC)cs1. The van der Waals surface area contributed by atoms with E-state index < -0.39 is 5.97 Å². The highest BCUT2D eigenvalue weighted by Gasteiger charge is 2.10. The summed E-state index contributed by atoms with van der Waals surface area (Å²) in [7, 11) is 0. The molecule has 0 unspecified atom stereocenters. The van der Waals surface area contributed by atoms with Gasteiger partial charge in [0, 0.05) is 5.38 Å². The molecule has 0 radical (unpaired) electrons. The summed E-state index contributed by atoms with van der Waals surface area (Å²) in [6.45, 7) is 4.10. The lowest BCUT2D eigenvalue weighted by Crippen LogP contribution is -2.04. The Balaban J connectivity index is 2.56. The highest BCUT2D eigenvalue weighted by molar-refractivity contribution is 7.10. The van der Waals surface area contributed by atoms with Gasteiger partial charge in [0.1, 0.15) is 6.42 Å². The normalized spacial score (nSPS) is 9.22. The first kappa shape index (κ1) is 14.2. The molecule has 1 rings (SSSR count). The minimum absolute atomic E-state index is 0.0160. The number of esters is 2. The van der Waals surface area contributed by atoms with Crippen molar-refractivity contribution < 1.29 is 19.1 Å². The molecule has 0 N–H and O–H groups in total. The topological polar surface area (TPSA) is 65.5 Å². The number of hydrogen-bond donors (Lipinski definition) is 0.